The van der Waals surface area contributed by atoms with Crippen molar-refractivity contribution in [1.29, 1.82) is 5.41 Å². The number of benzene rings is 1. The first kappa shape index (κ1) is 11.7. The molecule has 0 spiro atoms. The van der Waals surface area contributed by atoms with Crippen LogP contribution in [0.1, 0.15) is 31.9 Å². The van der Waals surface area contributed by atoms with E-state index in [0.717, 1.165) is 0 Å². The highest BCUT2D eigenvalue weighted by atomic mass is 19.1. The highest BCUT2D eigenvalue weighted by Crippen LogP contribution is 2.21. The molecule has 1 aromatic rings. The van der Waals surface area contributed by atoms with Gasteiger partial charge in [0.05, 0.1) is 11.9 Å². The summed E-state index contributed by atoms with van der Waals surface area (Å²) in [5, 5.41) is 7.70. The lowest BCUT2D eigenvalue weighted by molar-refractivity contribution is 0.380. The van der Waals surface area contributed by atoms with Gasteiger partial charge < -0.3 is 4.90 Å². The summed E-state index contributed by atoms with van der Waals surface area (Å²) >= 11 is 0. The van der Waals surface area contributed by atoms with Gasteiger partial charge in [0, 0.05) is 19.0 Å². The van der Waals surface area contributed by atoms with Crippen molar-refractivity contribution in [2.24, 2.45) is 0 Å². The van der Waals surface area contributed by atoms with Crippen LogP contribution in [-0.4, -0.2) is 17.8 Å². The number of hydrogen-bond donors (Lipinski definition) is 1. The van der Waals surface area contributed by atoms with Crippen molar-refractivity contribution >= 4 is 5.84 Å². The van der Waals surface area contributed by atoms with Gasteiger partial charge in [-0.1, -0.05) is 25.1 Å². The highest BCUT2D eigenvalue weighted by molar-refractivity contribution is 5.78. The van der Waals surface area contributed by atoms with E-state index in [0.29, 0.717) is 17.8 Å². The lowest BCUT2D eigenvalue weighted by atomic mass is 10.1. The van der Waals surface area contributed by atoms with E-state index in [2.05, 4.69) is 0 Å². The molecule has 1 atom stereocenters. The van der Waals surface area contributed by atoms with Crippen molar-refractivity contribution < 1.29 is 4.39 Å². The molecule has 0 aliphatic rings. The number of hydrogen-bond acceptors (Lipinski definition) is 1. The van der Waals surface area contributed by atoms with Crippen LogP contribution >= 0.6 is 0 Å². The quantitative estimate of drug-likeness (QED) is 0.599. The zero-order valence-electron chi connectivity index (χ0n) is 9.42. The molecular weight excluding hydrogens is 191 g/mol. The molecule has 3 heteroatoms. The lowest BCUT2D eigenvalue weighted by Gasteiger charge is -2.27. The van der Waals surface area contributed by atoms with Crippen LogP contribution in [0.4, 0.5) is 4.39 Å². The SMILES string of the molecule is CCC(=N)N(C)C(C)c1ccccc1F. The van der Waals surface area contributed by atoms with E-state index >= 15 is 0 Å². The van der Waals surface area contributed by atoms with Gasteiger partial charge in [0.25, 0.3) is 0 Å². The first-order valence-electron chi connectivity index (χ1n) is 5.12. The van der Waals surface area contributed by atoms with Crippen LogP contribution in [0, 0.1) is 11.2 Å². The molecule has 15 heavy (non-hydrogen) atoms. The van der Waals surface area contributed by atoms with Crippen molar-refractivity contribution in [1.82, 2.24) is 4.90 Å². The summed E-state index contributed by atoms with van der Waals surface area (Å²) in [5.41, 5.74) is 0.637. The number of nitrogens with one attached hydrogen (secondary N) is 1. The second kappa shape index (κ2) is 4.91. The summed E-state index contributed by atoms with van der Waals surface area (Å²) in [6.45, 7) is 3.83. The lowest BCUT2D eigenvalue weighted by Crippen LogP contribution is -2.28. The molecule has 2 nitrogen and oxygen atoms in total. The van der Waals surface area contributed by atoms with Gasteiger partial charge in [-0.15, -0.1) is 0 Å². The minimum Gasteiger partial charge on any atom is -0.357 e. The maximum atomic E-state index is 13.5. The second-order valence-corrected chi connectivity index (χ2v) is 3.61. The maximum Gasteiger partial charge on any atom is 0.128 e. The third-order valence-corrected chi connectivity index (χ3v) is 2.70. The van der Waals surface area contributed by atoms with E-state index in [4.69, 9.17) is 5.41 Å². The fourth-order valence-corrected chi connectivity index (χ4v) is 1.51. The van der Waals surface area contributed by atoms with Crippen LogP contribution in [0.15, 0.2) is 24.3 Å². The van der Waals surface area contributed by atoms with Gasteiger partial charge in [-0.2, -0.15) is 0 Å². The molecular formula is C12H17FN2. The Balaban J connectivity index is 2.89. The molecule has 0 amide bonds. The average molecular weight is 208 g/mol. The van der Waals surface area contributed by atoms with Crippen LogP contribution in [0.5, 0.6) is 0 Å². The van der Waals surface area contributed by atoms with Crippen molar-refractivity contribution in [3.05, 3.63) is 35.6 Å². The first-order chi connectivity index (χ1) is 7.07. The normalized spacial score (nSPS) is 12.3. The fourth-order valence-electron chi connectivity index (χ4n) is 1.51. The largest absolute Gasteiger partial charge is 0.357 e. The molecule has 0 aliphatic carbocycles. The smallest absolute Gasteiger partial charge is 0.128 e. The fraction of sp³-hybridized carbons (Fsp3) is 0.417. The molecule has 0 saturated heterocycles. The van der Waals surface area contributed by atoms with E-state index in [-0.39, 0.29) is 11.9 Å². The van der Waals surface area contributed by atoms with Gasteiger partial charge in [-0.25, -0.2) is 4.39 Å². The summed E-state index contributed by atoms with van der Waals surface area (Å²) in [4.78, 5) is 1.79. The molecule has 82 valence electrons. The minimum atomic E-state index is -0.208. The Hall–Kier alpha value is -1.38. The van der Waals surface area contributed by atoms with E-state index in [1.165, 1.54) is 6.07 Å². The van der Waals surface area contributed by atoms with Crippen LogP contribution in [-0.2, 0) is 0 Å². The third-order valence-electron chi connectivity index (χ3n) is 2.70. The zero-order valence-corrected chi connectivity index (χ0v) is 9.42. The summed E-state index contributed by atoms with van der Waals surface area (Å²) in [7, 11) is 1.82. The van der Waals surface area contributed by atoms with E-state index in [1.807, 2.05) is 27.0 Å². The molecule has 0 aromatic heterocycles. The molecule has 0 saturated carbocycles. The van der Waals surface area contributed by atoms with Gasteiger partial charge in [0.2, 0.25) is 0 Å². The van der Waals surface area contributed by atoms with Gasteiger partial charge in [0.15, 0.2) is 0 Å². The molecule has 0 fully saturated rings. The molecule has 1 aromatic carbocycles. The molecule has 0 heterocycles. The van der Waals surface area contributed by atoms with Gasteiger partial charge in [-0.05, 0) is 13.0 Å². The Bertz CT molecular complexity index is 349. The predicted molar refractivity (Wildman–Crippen MR) is 60.6 cm³/mol. The van der Waals surface area contributed by atoms with Crippen LogP contribution in [0.3, 0.4) is 0 Å². The molecule has 1 rings (SSSR count). The van der Waals surface area contributed by atoms with Gasteiger partial charge in [-0.3, -0.25) is 5.41 Å². The first-order valence-corrected chi connectivity index (χ1v) is 5.12. The van der Waals surface area contributed by atoms with Crippen LogP contribution in [0.25, 0.3) is 0 Å². The second-order valence-electron chi connectivity index (χ2n) is 3.61. The number of amidine groups is 1. The number of nitrogens with zero attached hydrogens (tertiary/aromatic N) is 1. The summed E-state index contributed by atoms with van der Waals surface area (Å²) in [6, 6.07) is 6.61. The van der Waals surface area contributed by atoms with Crippen molar-refractivity contribution in [3.8, 4) is 0 Å². The number of halogens is 1. The maximum absolute atomic E-state index is 13.5. The Kier molecular flexibility index (Phi) is 3.83. The average Bonchev–Trinajstić information content (AvgIpc) is 2.26. The minimum absolute atomic E-state index is 0.0985. The van der Waals surface area contributed by atoms with Crippen molar-refractivity contribution in [2.75, 3.05) is 7.05 Å². The summed E-state index contributed by atoms with van der Waals surface area (Å²) < 4.78 is 13.5. The predicted octanol–water partition coefficient (Wildman–Crippen LogP) is 3.21. The standard InChI is InChI=1S/C12H17FN2/c1-4-12(14)15(3)9(2)10-7-5-6-8-11(10)13/h5-9,14H,4H2,1-3H3. The van der Waals surface area contributed by atoms with E-state index < -0.39 is 0 Å². The summed E-state index contributed by atoms with van der Waals surface area (Å²) in [6.07, 6.45) is 0.662. The van der Waals surface area contributed by atoms with Gasteiger partial charge in [0.1, 0.15) is 5.82 Å². The van der Waals surface area contributed by atoms with Crippen LogP contribution in [0.2, 0.25) is 0 Å². The molecule has 0 aliphatic heterocycles. The Morgan fingerprint density at radius 2 is 2.07 bits per heavy atom. The monoisotopic (exact) mass is 208 g/mol. The van der Waals surface area contributed by atoms with Crippen LogP contribution < -0.4 is 0 Å². The van der Waals surface area contributed by atoms with Crippen molar-refractivity contribution in [2.45, 2.75) is 26.3 Å². The Morgan fingerprint density at radius 1 is 1.47 bits per heavy atom. The summed E-state index contributed by atoms with van der Waals surface area (Å²) in [5.74, 6) is 0.312. The van der Waals surface area contributed by atoms with E-state index in [1.54, 1.807) is 17.0 Å². The highest BCUT2D eigenvalue weighted by Gasteiger charge is 2.16. The molecule has 1 N–H and O–H groups in total. The number of rotatable bonds is 3. The van der Waals surface area contributed by atoms with E-state index in [9.17, 15) is 4.39 Å². The Labute approximate surface area is 90.2 Å². The Morgan fingerprint density at radius 3 is 2.60 bits per heavy atom. The molecule has 1 unspecified atom stereocenters. The van der Waals surface area contributed by atoms with Crippen molar-refractivity contribution in [3.63, 3.8) is 0 Å². The van der Waals surface area contributed by atoms with Gasteiger partial charge >= 0.3 is 0 Å². The third kappa shape index (κ3) is 2.55. The topological polar surface area (TPSA) is 27.1 Å². The zero-order chi connectivity index (χ0) is 11.4. The molecule has 0 radical (unpaired) electrons. The molecule has 0 bridgehead atoms.